The molecule has 4 atom stereocenters. The smallest absolute Gasteiger partial charge is 0.281 e. The molecule has 4 unspecified atom stereocenters. The van der Waals surface area contributed by atoms with E-state index in [1.807, 2.05) is 19.9 Å². The number of primary amides is 1. The largest absolute Gasteiger partial charge is 0.491 e. The van der Waals surface area contributed by atoms with Crippen molar-refractivity contribution in [3.63, 3.8) is 0 Å². The van der Waals surface area contributed by atoms with Gasteiger partial charge in [-0.2, -0.15) is 9.67 Å². The number of amides is 1. The minimum atomic E-state index is -0.404. The van der Waals surface area contributed by atoms with E-state index in [9.17, 15) is 9.59 Å². The van der Waals surface area contributed by atoms with E-state index in [-0.39, 0.29) is 47.7 Å². The van der Waals surface area contributed by atoms with E-state index in [4.69, 9.17) is 16.2 Å². The molecule has 2 bridgehead atoms. The summed E-state index contributed by atoms with van der Waals surface area (Å²) in [6.45, 7) is 3.86. The van der Waals surface area contributed by atoms with Gasteiger partial charge in [0.05, 0.1) is 12.0 Å². The van der Waals surface area contributed by atoms with Crippen LogP contribution in [0, 0.1) is 17.8 Å². The summed E-state index contributed by atoms with van der Waals surface area (Å²) in [4.78, 5) is 28.8. The maximum absolute atomic E-state index is 12.8. The van der Waals surface area contributed by atoms with Crippen molar-refractivity contribution in [2.75, 3.05) is 11.1 Å². The number of fused-ring (bicyclic) bond motifs is 2. The molecule has 5 N–H and O–H groups in total. The zero-order chi connectivity index (χ0) is 20.7. The molecule has 1 aromatic carbocycles. The van der Waals surface area contributed by atoms with Crippen LogP contribution in [0.25, 0.3) is 0 Å². The lowest BCUT2D eigenvalue weighted by Gasteiger charge is -2.25. The summed E-state index contributed by atoms with van der Waals surface area (Å²) < 4.78 is 6.63. The number of benzene rings is 1. The van der Waals surface area contributed by atoms with E-state index in [1.54, 1.807) is 24.3 Å². The van der Waals surface area contributed by atoms with Gasteiger partial charge < -0.3 is 21.5 Å². The van der Waals surface area contributed by atoms with E-state index >= 15 is 0 Å². The Balaban J connectivity index is 1.51. The van der Waals surface area contributed by atoms with Crippen LogP contribution in [0.3, 0.4) is 0 Å². The molecule has 0 spiro atoms. The average Bonchev–Trinajstić information content (AvgIpc) is 3.36. The van der Waals surface area contributed by atoms with E-state index < -0.39 is 5.91 Å². The Hall–Kier alpha value is -3.36. The Kier molecular flexibility index (Phi) is 4.73. The molecular weight excluding hydrogens is 372 g/mol. The van der Waals surface area contributed by atoms with Crippen LogP contribution >= 0.6 is 0 Å². The maximum Gasteiger partial charge on any atom is 0.281 e. The number of rotatable bonds is 6. The monoisotopic (exact) mass is 396 g/mol. The molecule has 1 heterocycles. The van der Waals surface area contributed by atoms with Crippen LogP contribution in [-0.2, 0) is 4.79 Å². The highest BCUT2D eigenvalue weighted by molar-refractivity contribution is 5.97. The van der Waals surface area contributed by atoms with Gasteiger partial charge in [0.2, 0.25) is 17.8 Å². The number of nitrogens with two attached hydrogens (primary N) is 2. The van der Waals surface area contributed by atoms with Gasteiger partial charge in [0.15, 0.2) is 0 Å². The van der Waals surface area contributed by atoms with Gasteiger partial charge in [-0.3, -0.25) is 9.59 Å². The topological polar surface area (TPSA) is 138 Å². The summed E-state index contributed by atoms with van der Waals surface area (Å²) in [6, 6.07) is 6.54. The summed E-state index contributed by atoms with van der Waals surface area (Å²) in [5.74, 6) is 0.0549. The maximum atomic E-state index is 12.8. The number of nitrogen functional groups attached to an aromatic ring is 1. The first-order chi connectivity index (χ1) is 13.8. The average molecular weight is 396 g/mol. The highest BCUT2D eigenvalue weighted by Crippen LogP contribution is 2.44. The van der Waals surface area contributed by atoms with Crippen LogP contribution in [0.15, 0.2) is 36.4 Å². The predicted molar refractivity (Wildman–Crippen MR) is 107 cm³/mol. The predicted octanol–water partition coefficient (Wildman–Crippen LogP) is 1.42. The van der Waals surface area contributed by atoms with Gasteiger partial charge in [0.25, 0.3) is 5.91 Å². The highest BCUT2D eigenvalue weighted by atomic mass is 16.5. The van der Waals surface area contributed by atoms with E-state index in [0.29, 0.717) is 11.3 Å². The molecule has 4 rings (SSSR count). The van der Waals surface area contributed by atoms with Crippen LogP contribution in [0.4, 0.5) is 11.9 Å². The lowest BCUT2D eigenvalue weighted by molar-refractivity contribution is -0.122. The van der Waals surface area contributed by atoms with Gasteiger partial charge in [-0.15, -0.1) is 5.10 Å². The van der Waals surface area contributed by atoms with E-state index in [1.165, 1.54) is 0 Å². The number of aromatic nitrogens is 3. The van der Waals surface area contributed by atoms with Crippen LogP contribution in [0.1, 0.15) is 30.6 Å². The lowest BCUT2D eigenvalue weighted by Crippen LogP contribution is -2.41. The zero-order valence-electron chi connectivity index (χ0n) is 16.3. The number of nitrogens with one attached hydrogen (secondary N) is 1. The number of ether oxygens (including phenoxy) is 1. The third kappa shape index (κ3) is 3.55. The van der Waals surface area contributed by atoms with Crippen LogP contribution in [0.5, 0.6) is 5.75 Å². The number of anilines is 2. The van der Waals surface area contributed by atoms with Gasteiger partial charge in [-0.05, 0) is 56.4 Å². The number of carbonyl (C=O) groups is 2. The fourth-order valence-corrected chi connectivity index (χ4v) is 4.16. The third-order valence-corrected chi connectivity index (χ3v) is 5.38. The second kappa shape index (κ2) is 7.23. The summed E-state index contributed by atoms with van der Waals surface area (Å²) >= 11 is 0. The molecule has 0 aliphatic heterocycles. The molecule has 0 saturated heterocycles. The quantitative estimate of drug-likeness (QED) is 0.628. The van der Waals surface area contributed by atoms with Crippen LogP contribution < -0.4 is 21.5 Å². The molecule has 2 aliphatic rings. The van der Waals surface area contributed by atoms with Crippen molar-refractivity contribution >= 4 is 23.7 Å². The number of hydrogen-bond donors (Lipinski definition) is 3. The molecule has 1 fully saturated rings. The Morgan fingerprint density at radius 3 is 2.55 bits per heavy atom. The van der Waals surface area contributed by atoms with Crippen molar-refractivity contribution in [1.82, 2.24) is 14.8 Å². The van der Waals surface area contributed by atoms with Gasteiger partial charge in [-0.1, -0.05) is 12.2 Å². The summed E-state index contributed by atoms with van der Waals surface area (Å²) in [7, 11) is 0. The molecule has 152 valence electrons. The first kappa shape index (κ1) is 19.0. The van der Waals surface area contributed by atoms with Crippen molar-refractivity contribution in [3.8, 4) is 5.75 Å². The first-order valence-corrected chi connectivity index (χ1v) is 9.61. The van der Waals surface area contributed by atoms with Crippen molar-refractivity contribution < 1.29 is 14.3 Å². The van der Waals surface area contributed by atoms with Crippen LogP contribution in [-0.4, -0.2) is 38.7 Å². The lowest BCUT2D eigenvalue weighted by atomic mass is 9.88. The molecular formula is C20H24N6O3. The molecule has 1 aromatic heterocycles. The zero-order valence-corrected chi connectivity index (χ0v) is 16.3. The van der Waals surface area contributed by atoms with Gasteiger partial charge in [0.1, 0.15) is 5.75 Å². The SMILES string of the molecule is CC(C)Oc1ccc(C(=O)n2nc(NC3C4C=CC(C4)C3C(N)=O)nc2N)cc1. The van der Waals surface area contributed by atoms with Crippen molar-refractivity contribution in [1.29, 1.82) is 0 Å². The molecule has 29 heavy (non-hydrogen) atoms. The number of hydrogen-bond acceptors (Lipinski definition) is 7. The van der Waals surface area contributed by atoms with Gasteiger partial charge in [-0.25, -0.2) is 0 Å². The van der Waals surface area contributed by atoms with Crippen molar-refractivity contribution in [2.24, 2.45) is 23.5 Å². The molecule has 1 amide bonds. The molecule has 9 heteroatoms. The summed E-state index contributed by atoms with van der Waals surface area (Å²) in [5.41, 5.74) is 11.9. The van der Waals surface area contributed by atoms with Crippen LogP contribution in [0.2, 0.25) is 0 Å². The molecule has 2 aromatic rings. The fraction of sp³-hybridized carbons (Fsp3) is 0.400. The van der Waals surface area contributed by atoms with Crippen molar-refractivity contribution in [3.05, 3.63) is 42.0 Å². The number of carbonyl (C=O) groups excluding carboxylic acids is 2. The molecule has 0 radical (unpaired) electrons. The first-order valence-electron chi connectivity index (χ1n) is 9.61. The minimum Gasteiger partial charge on any atom is -0.491 e. The Labute approximate surface area is 168 Å². The van der Waals surface area contributed by atoms with Crippen molar-refractivity contribution in [2.45, 2.75) is 32.4 Å². The Bertz CT molecular complexity index is 965. The fourth-order valence-electron chi connectivity index (χ4n) is 4.16. The summed E-state index contributed by atoms with van der Waals surface area (Å²) in [5, 5.41) is 7.36. The molecule has 2 aliphatic carbocycles. The number of allylic oxidation sites excluding steroid dienone is 1. The van der Waals surface area contributed by atoms with E-state index in [0.717, 1.165) is 11.1 Å². The van der Waals surface area contributed by atoms with Gasteiger partial charge in [0, 0.05) is 11.6 Å². The highest BCUT2D eigenvalue weighted by Gasteiger charge is 2.47. The van der Waals surface area contributed by atoms with Gasteiger partial charge >= 0.3 is 0 Å². The summed E-state index contributed by atoms with van der Waals surface area (Å²) in [6.07, 6.45) is 5.02. The standard InChI is InChI=1S/C20H24N6O3/c1-10(2)29-14-7-5-11(6-8-14)18(28)26-19(22)24-20(25-26)23-16-13-4-3-12(9-13)15(16)17(21)27/h3-8,10,12-13,15-16H,9H2,1-2H3,(H2,21,27)(H3,22,23,24,25). The number of nitrogens with zero attached hydrogens (tertiary/aromatic N) is 3. The normalized spacial score (nSPS) is 24.8. The molecule has 1 saturated carbocycles. The third-order valence-electron chi connectivity index (χ3n) is 5.38. The Morgan fingerprint density at radius 2 is 1.90 bits per heavy atom. The second-order valence-electron chi connectivity index (χ2n) is 7.75. The Morgan fingerprint density at radius 1 is 1.21 bits per heavy atom. The molecule has 9 nitrogen and oxygen atoms in total. The van der Waals surface area contributed by atoms with E-state index in [2.05, 4.69) is 21.5 Å². The minimum absolute atomic E-state index is 0.0330. The second-order valence-corrected chi connectivity index (χ2v) is 7.75.